The van der Waals surface area contributed by atoms with Gasteiger partial charge in [0.2, 0.25) is 0 Å². The number of carbonyl (C=O) groups excluding carboxylic acids is 1. The van der Waals surface area contributed by atoms with E-state index in [1.807, 2.05) is 6.08 Å². The molecule has 23 heavy (non-hydrogen) atoms. The highest BCUT2D eigenvalue weighted by Gasteiger charge is 2.60. The topological polar surface area (TPSA) is 40.9 Å². The van der Waals surface area contributed by atoms with E-state index in [1.54, 1.807) is 0 Å². The fraction of sp³-hybridized carbons (Fsp3) is 0.810. The SMILES string of the molecule is C[C@@H]1CC2=CC(=O)CC[C@]2(C)C2CC[C@@]3(C)C(CC[C@@H]3C#N)C21. The van der Waals surface area contributed by atoms with Crippen molar-refractivity contribution in [1.82, 2.24) is 0 Å². The van der Waals surface area contributed by atoms with Crippen molar-refractivity contribution in [3.63, 3.8) is 0 Å². The maximum absolute atomic E-state index is 11.9. The van der Waals surface area contributed by atoms with Crippen LogP contribution in [0, 0.1) is 51.8 Å². The summed E-state index contributed by atoms with van der Waals surface area (Å²) in [7, 11) is 0. The zero-order valence-corrected chi connectivity index (χ0v) is 14.8. The van der Waals surface area contributed by atoms with E-state index in [4.69, 9.17) is 0 Å². The van der Waals surface area contributed by atoms with Crippen LogP contribution in [0.15, 0.2) is 11.6 Å². The van der Waals surface area contributed by atoms with E-state index in [2.05, 4.69) is 26.8 Å². The first-order chi connectivity index (χ1) is 10.9. The Balaban J connectivity index is 1.73. The van der Waals surface area contributed by atoms with Gasteiger partial charge in [-0.25, -0.2) is 0 Å². The van der Waals surface area contributed by atoms with Crippen molar-refractivity contribution in [1.29, 1.82) is 5.26 Å². The number of nitrogens with zero attached hydrogens (tertiary/aromatic N) is 1. The van der Waals surface area contributed by atoms with Gasteiger partial charge in [-0.3, -0.25) is 4.79 Å². The maximum atomic E-state index is 11.9. The number of ketones is 1. The van der Waals surface area contributed by atoms with Gasteiger partial charge >= 0.3 is 0 Å². The van der Waals surface area contributed by atoms with Crippen molar-refractivity contribution in [2.45, 2.75) is 65.7 Å². The van der Waals surface area contributed by atoms with Crippen molar-refractivity contribution in [3.8, 4) is 6.07 Å². The fourth-order valence-electron chi connectivity index (χ4n) is 7.12. The minimum atomic E-state index is 0.242. The summed E-state index contributed by atoms with van der Waals surface area (Å²) in [4.78, 5) is 11.9. The Labute approximate surface area is 140 Å². The molecule has 3 fully saturated rings. The first-order valence-electron chi connectivity index (χ1n) is 9.53. The van der Waals surface area contributed by atoms with E-state index in [0.29, 0.717) is 11.7 Å². The third-order valence-electron chi connectivity index (χ3n) is 8.47. The van der Waals surface area contributed by atoms with Crippen LogP contribution >= 0.6 is 0 Å². The van der Waals surface area contributed by atoms with E-state index < -0.39 is 0 Å². The highest BCUT2D eigenvalue weighted by molar-refractivity contribution is 5.91. The van der Waals surface area contributed by atoms with Gasteiger partial charge in [0.15, 0.2) is 5.78 Å². The molecule has 2 nitrogen and oxygen atoms in total. The average molecular weight is 311 g/mol. The molecule has 0 aromatic heterocycles. The Morgan fingerprint density at radius 2 is 1.96 bits per heavy atom. The molecule has 4 rings (SSSR count). The normalized spacial score (nSPS) is 52.0. The lowest BCUT2D eigenvalue weighted by atomic mass is 9.45. The van der Waals surface area contributed by atoms with Gasteiger partial charge in [0.1, 0.15) is 0 Å². The van der Waals surface area contributed by atoms with E-state index in [1.165, 1.54) is 24.8 Å². The van der Waals surface area contributed by atoms with Gasteiger partial charge in [0, 0.05) is 6.42 Å². The minimum Gasteiger partial charge on any atom is -0.295 e. The predicted molar refractivity (Wildman–Crippen MR) is 90.4 cm³/mol. The van der Waals surface area contributed by atoms with Gasteiger partial charge in [-0.1, -0.05) is 26.3 Å². The lowest BCUT2D eigenvalue weighted by Gasteiger charge is -2.59. The van der Waals surface area contributed by atoms with E-state index in [-0.39, 0.29) is 16.7 Å². The quantitative estimate of drug-likeness (QED) is 0.638. The highest BCUT2D eigenvalue weighted by Crippen LogP contribution is 2.67. The molecule has 0 amide bonds. The number of hydrogen-bond donors (Lipinski definition) is 0. The van der Waals surface area contributed by atoms with Crippen LogP contribution in [0.3, 0.4) is 0 Å². The third kappa shape index (κ3) is 1.95. The van der Waals surface area contributed by atoms with Crippen LogP contribution in [-0.2, 0) is 4.79 Å². The Kier molecular flexibility index (Phi) is 3.32. The summed E-state index contributed by atoms with van der Waals surface area (Å²) in [5.74, 6) is 3.46. The van der Waals surface area contributed by atoms with Crippen molar-refractivity contribution in [2.75, 3.05) is 0 Å². The number of fused-ring (bicyclic) bond motifs is 5. The summed E-state index contributed by atoms with van der Waals surface area (Å²) in [5.41, 5.74) is 1.93. The summed E-state index contributed by atoms with van der Waals surface area (Å²) in [5, 5.41) is 9.60. The molecule has 0 heterocycles. The number of nitriles is 1. The summed E-state index contributed by atoms with van der Waals surface area (Å²) in [6.45, 7) is 7.25. The minimum absolute atomic E-state index is 0.242. The second-order valence-corrected chi connectivity index (χ2v) is 9.33. The Bertz CT molecular complexity index is 614. The van der Waals surface area contributed by atoms with Gasteiger partial charge in [0.25, 0.3) is 0 Å². The Morgan fingerprint density at radius 3 is 2.70 bits per heavy atom. The van der Waals surface area contributed by atoms with Crippen LogP contribution in [0.1, 0.15) is 65.7 Å². The fourth-order valence-corrected chi connectivity index (χ4v) is 7.12. The third-order valence-corrected chi connectivity index (χ3v) is 8.47. The van der Waals surface area contributed by atoms with Crippen LogP contribution in [0.5, 0.6) is 0 Å². The molecule has 4 aliphatic carbocycles. The lowest BCUT2D eigenvalue weighted by Crippen LogP contribution is -2.53. The summed E-state index contributed by atoms with van der Waals surface area (Å²) in [6.07, 6.45) is 9.70. The first kappa shape index (κ1) is 15.4. The molecule has 124 valence electrons. The molecule has 0 aliphatic heterocycles. The molecule has 3 saturated carbocycles. The molecule has 3 unspecified atom stereocenters. The molecule has 0 bridgehead atoms. The first-order valence-corrected chi connectivity index (χ1v) is 9.53. The zero-order valence-electron chi connectivity index (χ0n) is 14.8. The lowest BCUT2D eigenvalue weighted by molar-refractivity contribution is -0.118. The van der Waals surface area contributed by atoms with Crippen molar-refractivity contribution in [3.05, 3.63) is 11.6 Å². The molecule has 0 N–H and O–H groups in total. The second kappa shape index (κ2) is 4.95. The van der Waals surface area contributed by atoms with Gasteiger partial charge in [-0.2, -0.15) is 5.26 Å². The van der Waals surface area contributed by atoms with Crippen LogP contribution in [0.2, 0.25) is 0 Å². The molecule has 7 atom stereocenters. The molecule has 0 saturated heterocycles. The molecular formula is C21H29NO. The summed E-state index contributed by atoms with van der Waals surface area (Å²) in [6, 6.07) is 2.63. The Morgan fingerprint density at radius 1 is 1.17 bits per heavy atom. The number of hydrogen-bond acceptors (Lipinski definition) is 2. The van der Waals surface area contributed by atoms with Crippen LogP contribution in [0.4, 0.5) is 0 Å². The van der Waals surface area contributed by atoms with Crippen LogP contribution in [-0.4, -0.2) is 5.78 Å². The Hall–Kier alpha value is -1.10. The number of carbonyl (C=O) groups is 1. The monoisotopic (exact) mass is 311 g/mol. The molecular weight excluding hydrogens is 282 g/mol. The number of allylic oxidation sites excluding steroid dienone is 1. The summed E-state index contributed by atoms with van der Waals surface area (Å²) < 4.78 is 0. The maximum Gasteiger partial charge on any atom is 0.155 e. The van der Waals surface area contributed by atoms with E-state index in [0.717, 1.165) is 43.4 Å². The molecule has 2 heteroatoms. The van der Waals surface area contributed by atoms with Gasteiger partial charge in [-0.15, -0.1) is 0 Å². The highest BCUT2D eigenvalue weighted by atomic mass is 16.1. The molecule has 0 radical (unpaired) electrons. The molecule has 0 aromatic carbocycles. The molecule has 0 aromatic rings. The predicted octanol–water partition coefficient (Wildman–Crippen LogP) is 4.90. The standard InChI is InChI=1S/C21H29NO/c1-13-10-15-11-16(23)6-8-21(15,3)18-7-9-20(2)14(12-22)4-5-17(20)19(13)18/h11,13-14,17-19H,4-10H2,1-3H3/t13-,14-,17?,18?,19?,20-,21+/m1/s1. The smallest absolute Gasteiger partial charge is 0.155 e. The van der Waals surface area contributed by atoms with Crippen molar-refractivity contribution >= 4 is 5.78 Å². The van der Waals surface area contributed by atoms with Crippen LogP contribution in [0.25, 0.3) is 0 Å². The van der Waals surface area contributed by atoms with Gasteiger partial charge in [0.05, 0.1) is 12.0 Å². The number of rotatable bonds is 0. The van der Waals surface area contributed by atoms with Crippen LogP contribution < -0.4 is 0 Å². The molecule has 0 spiro atoms. The van der Waals surface area contributed by atoms with Gasteiger partial charge < -0.3 is 0 Å². The zero-order chi connectivity index (χ0) is 16.4. The summed E-state index contributed by atoms with van der Waals surface area (Å²) >= 11 is 0. The molecule has 4 aliphatic rings. The van der Waals surface area contributed by atoms with Gasteiger partial charge in [-0.05, 0) is 79.1 Å². The van der Waals surface area contributed by atoms with Crippen molar-refractivity contribution in [2.24, 2.45) is 40.4 Å². The largest absolute Gasteiger partial charge is 0.295 e. The van der Waals surface area contributed by atoms with Crippen molar-refractivity contribution < 1.29 is 4.79 Å². The second-order valence-electron chi connectivity index (χ2n) is 9.33. The van der Waals surface area contributed by atoms with E-state index >= 15 is 0 Å². The van der Waals surface area contributed by atoms with E-state index in [9.17, 15) is 10.1 Å². The average Bonchev–Trinajstić information content (AvgIpc) is 2.85.